The van der Waals surface area contributed by atoms with Crippen molar-refractivity contribution in [1.29, 1.82) is 0 Å². The van der Waals surface area contributed by atoms with Gasteiger partial charge in [0.2, 0.25) is 0 Å². The van der Waals surface area contributed by atoms with Gasteiger partial charge in [0.15, 0.2) is 16.9 Å². The Balaban J connectivity index is 1.82. The second-order valence-corrected chi connectivity index (χ2v) is 7.82. The summed E-state index contributed by atoms with van der Waals surface area (Å²) in [7, 11) is 3.08. The molecule has 0 saturated carbocycles. The molecule has 3 aromatic rings. The van der Waals surface area contributed by atoms with Crippen molar-refractivity contribution in [3.05, 3.63) is 95.6 Å². The minimum atomic E-state index is -1.55. The van der Waals surface area contributed by atoms with Gasteiger partial charge in [0, 0.05) is 0 Å². The zero-order chi connectivity index (χ0) is 23.7. The van der Waals surface area contributed by atoms with E-state index in [0.717, 1.165) is 11.1 Å². The van der Waals surface area contributed by atoms with E-state index in [9.17, 15) is 9.59 Å². The molecule has 0 aliphatic carbocycles. The minimum Gasteiger partial charge on any atom is -0.493 e. The van der Waals surface area contributed by atoms with E-state index in [1.54, 1.807) is 32.2 Å². The van der Waals surface area contributed by atoms with Gasteiger partial charge in [-0.1, -0.05) is 66.7 Å². The lowest BCUT2D eigenvalue weighted by atomic mass is 9.83. The highest BCUT2D eigenvalue weighted by Gasteiger charge is 2.44. The predicted octanol–water partition coefficient (Wildman–Crippen LogP) is 4.74. The maximum Gasteiger partial charge on any atom is 0.323 e. The molecule has 0 aliphatic rings. The topological polar surface area (TPSA) is 71.1 Å². The molecule has 33 heavy (non-hydrogen) atoms. The Morgan fingerprint density at radius 2 is 1.15 bits per heavy atom. The molecule has 0 radical (unpaired) electrons. The number of methoxy groups -OCH3 is 2. The molecular formula is C27H28O6. The molecule has 172 valence electrons. The van der Waals surface area contributed by atoms with Gasteiger partial charge in [-0.3, -0.25) is 9.59 Å². The van der Waals surface area contributed by atoms with E-state index in [4.69, 9.17) is 18.9 Å². The molecule has 0 N–H and O–H groups in total. The first-order valence-corrected chi connectivity index (χ1v) is 10.6. The van der Waals surface area contributed by atoms with Crippen LogP contribution in [0.3, 0.4) is 0 Å². The number of benzene rings is 3. The van der Waals surface area contributed by atoms with Gasteiger partial charge in [-0.15, -0.1) is 0 Å². The Morgan fingerprint density at radius 3 is 1.61 bits per heavy atom. The number of rotatable bonds is 10. The number of hydrogen-bond acceptors (Lipinski definition) is 6. The highest BCUT2D eigenvalue weighted by Crippen LogP contribution is 2.33. The van der Waals surface area contributed by atoms with E-state index < -0.39 is 17.4 Å². The van der Waals surface area contributed by atoms with Crippen molar-refractivity contribution in [2.75, 3.05) is 14.2 Å². The largest absolute Gasteiger partial charge is 0.493 e. The predicted molar refractivity (Wildman–Crippen MR) is 124 cm³/mol. The van der Waals surface area contributed by atoms with Crippen LogP contribution >= 0.6 is 0 Å². The zero-order valence-electron chi connectivity index (χ0n) is 19.1. The molecule has 0 saturated heterocycles. The summed E-state index contributed by atoms with van der Waals surface area (Å²) in [5, 5.41) is 0. The molecule has 0 aromatic heterocycles. The smallest absolute Gasteiger partial charge is 0.323 e. The van der Waals surface area contributed by atoms with Crippen molar-refractivity contribution in [2.24, 2.45) is 5.41 Å². The number of esters is 2. The third-order valence-corrected chi connectivity index (χ3v) is 5.33. The van der Waals surface area contributed by atoms with Crippen molar-refractivity contribution < 1.29 is 28.5 Å². The van der Waals surface area contributed by atoms with Crippen molar-refractivity contribution >= 4 is 11.9 Å². The molecule has 3 rings (SSSR count). The Labute approximate surface area is 194 Å². The standard InChI is InChI=1S/C27H28O6/c1-27(25(28)32-18-20-10-6-4-7-11-20,26(29)33-19-21-12-8-5-9-13-21)17-22-14-15-23(30-2)24(16-22)31-3/h4-16H,17-19H2,1-3H3. The molecule has 0 unspecified atom stereocenters. The summed E-state index contributed by atoms with van der Waals surface area (Å²) in [5.41, 5.74) is 0.820. The van der Waals surface area contributed by atoms with Gasteiger partial charge in [0.1, 0.15) is 13.2 Å². The van der Waals surface area contributed by atoms with Crippen LogP contribution in [0.5, 0.6) is 11.5 Å². The molecular weight excluding hydrogens is 420 g/mol. The Bertz CT molecular complexity index is 1010. The maximum atomic E-state index is 13.2. The van der Waals surface area contributed by atoms with E-state index in [1.807, 2.05) is 60.7 Å². The molecule has 0 bridgehead atoms. The monoisotopic (exact) mass is 448 g/mol. The van der Waals surface area contributed by atoms with E-state index in [-0.39, 0.29) is 19.6 Å². The molecule has 6 heteroatoms. The van der Waals surface area contributed by atoms with E-state index in [1.165, 1.54) is 7.11 Å². The molecule has 0 heterocycles. The average Bonchev–Trinajstić information content (AvgIpc) is 2.86. The lowest BCUT2D eigenvalue weighted by Crippen LogP contribution is -2.41. The van der Waals surface area contributed by atoms with Gasteiger partial charge in [0.05, 0.1) is 14.2 Å². The van der Waals surface area contributed by atoms with Crippen LogP contribution in [0.4, 0.5) is 0 Å². The van der Waals surface area contributed by atoms with Gasteiger partial charge in [-0.2, -0.15) is 0 Å². The van der Waals surface area contributed by atoms with Crippen LogP contribution in [0, 0.1) is 5.41 Å². The van der Waals surface area contributed by atoms with Crippen molar-refractivity contribution in [2.45, 2.75) is 26.6 Å². The second kappa shape index (κ2) is 11.2. The molecule has 3 aromatic carbocycles. The third kappa shape index (κ3) is 6.13. The van der Waals surface area contributed by atoms with Crippen LogP contribution in [0.25, 0.3) is 0 Å². The quantitative estimate of drug-likeness (QED) is 0.330. The molecule has 0 fully saturated rings. The van der Waals surface area contributed by atoms with Crippen LogP contribution in [-0.2, 0) is 38.7 Å². The minimum absolute atomic E-state index is 0.0627. The van der Waals surface area contributed by atoms with Crippen molar-refractivity contribution in [1.82, 2.24) is 0 Å². The highest BCUT2D eigenvalue weighted by molar-refractivity contribution is 6.00. The lowest BCUT2D eigenvalue weighted by molar-refractivity contribution is -0.172. The molecule has 0 atom stereocenters. The normalized spacial score (nSPS) is 10.9. The highest BCUT2D eigenvalue weighted by atomic mass is 16.6. The first-order chi connectivity index (χ1) is 16.0. The van der Waals surface area contributed by atoms with Gasteiger partial charge in [-0.05, 0) is 42.2 Å². The summed E-state index contributed by atoms with van der Waals surface area (Å²) in [5.74, 6) is -0.243. The van der Waals surface area contributed by atoms with Gasteiger partial charge in [0.25, 0.3) is 0 Å². The zero-order valence-corrected chi connectivity index (χ0v) is 19.1. The summed E-state index contributed by atoms with van der Waals surface area (Å²) in [6.07, 6.45) is 0.0780. The van der Waals surface area contributed by atoms with Gasteiger partial charge >= 0.3 is 11.9 Å². The first kappa shape index (κ1) is 23.9. The third-order valence-electron chi connectivity index (χ3n) is 5.33. The number of carbonyl (C=O) groups excluding carboxylic acids is 2. The Kier molecular flexibility index (Phi) is 8.08. The summed E-state index contributed by atoms with van der Waals surface area (Å²) in [6.45, 7) is 1.67. The SMILES string of the molecule is COc1ccc(CC(C)(C(=O)OCc2ccccc2)C(=O)OCc2ccccc2)cc1OC. The summed E-state index contributed by atoms with van der Waals surface area (Å²) in [6, 6.07) is 23.9. The fourth-order valence-electron chi connectivity index (χ4n) is 3.39. The van der Waals surface area contributed by atoms with E-state index >= 15 is 0 Å². The second-order valence-electron chi connectivity index (χ2n) is 7.82. The van der Waals surface area contributed by atoms with E-state index in [0.29, 0.717) is 17.1 Å². The fourth-order valence-corrected chi connectivity index (χ4v) is 3.39. The van der Waals surface area contributed by atoms with Crippen LogP contribution in [0.15, 0.2) is 78.9 Å². The maximum absolute atomic E-state index is 13.2. The Hall–Kier alpha value is -3.80. The summed E-state index contributed by atoms with van der Waals surface area (Å²) in [4.78, 5) is 26.4. The molecule has 0 amide bonds. The number of ether oxygens (including phenoxy) is 4. The average molecular weight is 449 g/mol. The fraction of sp³-hybridized carbons (Fsp3) is 0.259. The van der Waals surface area contributed by atoms with Crippen molar-refractivity contribution in [3.8, 4) is 11.5 Å². The molecule has 0 spiro atoms. The first-order valence-electron chi connectivity index (χ1n) is 10.6. The van der Waals surface area contributed by atoms with Crippen LogP contribution < -0.4 is 9.47 Å². The Morgan fingerprint density at radius 1 is 0.667 bits per heavy atom. The van der Waals surface area contributed by atoms with Crippen molar-refractivity contribution in [3.63, 3.8) is 0 Å². The molecule has 6 nitrogen and oxygen atoms in total. The molecule has 0 aliphatic heterocycles. The van der Waals surface area contributed by atoms with E-state index in [2.05, 4.69) is 0 Å². The van der Waals surface area contributed by atoms with Crippen LogP contribution in [0.1, 0.15) is 23.6 Å². The summed E-state index contributed by atoms with van der Waals surface area (Å²) >= 11 is 0. The number of hydrogen-bond donors (Lipinski definition) is 0. The number of carbonyl (C=O) groups is 2. The van der Waals surface area contributed by atoms with Gasteiger partial charge in [-0.25, -0.2) is 0 Å². The van der Waals surface area contributed by atoms with Crippen LogP contribution in [0.2, 0.25) is 0 Å². The van der Waals surface area contributed by atoms with Gasteiger partial charge < -0.3 is 18.9 Å². The lowest BCUT2D eigenvalue weighted by Gasteiger charge is -2.26. The van der Waals surface area contributed by atoms with Crippen LogP contribution in [-0.4, -0.2) is 26.2 Å². The summed E-state index contributed by atoms with van der Waals surface area (Å²) < 4.78 is 21.7.